The molecule has 7 nitrogen and oxygen atoms in total. The Bertz CT molecular complexity index is 317. The van der Waals surface area contributed by atoms with Gasteiger partial charge in [-0.1, -0.05) is 6.92 Å². The summed E-state index contributed by atoms with van der Waals surface area (Å²) in [6.45, 7) is 5.36. The number of nitrogens with one attached hydrogen (secondary N) is 1. The molecule has 0 radical (unpaired) electrons. The molecule has 19 heavy (non-hydrogen) atoms. The zero-order valence-electron chi connectivity index (χ0n) is 11.5. The SMILES string of the molecule is CCOCC(=O)N[C@H](C(=O)O)[C@@H](C)CC(=O)OCC. The molecule has 0 aliphatic rings. The molecule has 0 saturated heterocycles. The summed E-state index contributed by atoms with van der Waals surface area (Å²) < 4.78 is 9.62. The number of aliphatic carboxylic acids is 1. The van der Waals surface area contributed by atoms with E-state index in [1.54, 1.807) is 20.8 Å². The Morgan fingerprint density at radius 1 is 1.21 bits per heavy atom. The fraction of sp³-hybridized carbons (Fsp3) is 0.750. The summed E-state index contributed by atoms with van der Waals surface area (Å²) in [4.78, 5) is 33.8. The molecule has 0 saturated carbocycles. The van der Waals surface area contributed by atoms with Crippen molar-refractivity contribution in [2.75, 3.05) is 19.8 Å². The normalized spacial score (nSPS) is 13.4. The number of carbonyl (C=O) groups is 3. The Kier molecular flexibility index (Phi) is 8.52. The Morgan fingerprint density at radius 2 is 1.84 bits per heavy atom. The maximum atomic E-state index is 11.4. The van der Waals surface area contributed by atoms with E-state index in [0.29, 0.717) is 6.61 Å². The maximum Gasteiger partial charge on any atom is 0.326 e. The van der Waals surface area contributed by atoms with Crippen LogP contribution in [0.5, 0.6) is 0 Å². The fourth-order valence-corrected chi connectivity index (χ4v) is 1.46. The summed E-state index contributed by atoms with van der Waals surface area (Å²) >= 11 is 0. The minimum absolute atomic E-state index is 0.0697. The van der Waals surface area contributed by atoms with Gasteiger partial charge in [0, 0.05) is 6.61 Å². The van der Waals surface area contributed by atoms with Gasteiger partial charge in [0.2, 0.25) is 5.91 Å². The first kappa shape index (κ1) is 17.4. The van der Waals surface area contributed by atoms with E-state index in [2.05, 4.69) is 5.32 Å². The molecular weight excluding hydrogens is 254 g/mol. The van der Waals surface area contributed by atoms with Gasteiger partial charge in [-0.2, -0.15) is 0 Å². The number of esters is 1. The molecule has 0 aliphatic heterocycles. The van der Waals surface area contributed by atoms with Crippen molar-refractivity contribution in [3.05, 3.63) is 0 Å². The summed E-state index contributed by atoms with van der Waals surface area (Å²) in [6.07, 6.45) is -0.0697. The van der Waals surface area contributed by atoms with Gasteiger partial charge in [-0.05, 0) is 19.8 Å². The van der Waals surface area contributed by atoms with E-state index < -0.39 is 29.8 Å². The number of hydrogen-bond acceptors (Lipinski definition) is 5. The molecule has 110 valence electrons. The molecule has 7 heteroatoms. The molecule has 1 amide bonds. The number of amides is 1. The summed E-state index contributed by atoms with van der Waals surface area (Å²) in [5.41, 5.74) is 0. The van der Waals surface area contributed by atoms with Crippen molar-refractivity contribution in [3.63, 3.8) is 0 Å². The quantitative estimate of drug-likeness (QED) is 0.582. The average molecular weight is 275 g/mol. The summed E-state index contributed by atoms with van der Waals surface area (Å²) in [5, 5.41) is 11.4. The van der Waals surface area contributed by atoms with Crippen LogP contribution in [0.1, 0.15) is 27.2 Å². The van der Waals surface area contributed by atoms with Crippen molar-refractivity contribution in [2.24, 2.45) is 5.92 Å². The molecule has 2 N–H and O–H groups in total. The molecule has 0 aromatic rings. The first-order valence-corrected chi connectivity index (χ1v) is 6.17. The lowest BCUT2D eigenvalue weighted by atomic mass is 9.98. The molecule has 0 heterocycles. The molecule has 0 aromatic heterocycles. The smallest absolute Gasteiger partial charge is 0.326 e. The van der Waals surface area contributed by atoms with Crippen LogP contribution in [0.3, 0.4) is 0 Å². The summed E-state index contributed by atoms with van der Waals surface area (Å²) in [6, 6.07) is -1.14. The third-order valence-electron chi connectivity index (χ3n) is 2.38. The van der Waals surface area contributed by atoms with E-state index in [0.717, 1.165) is 0 Å². The Hall–Kier alpha value is -1.63. The highest BCUT2D eigenvalue weighted by atomic mass is 16.5. The van der Waals surface area contributed by atoms with E-state index in [-0.39, 0.29) is 19.6 Å². The monoisotopic (exact) mass is 275 g/mol. The molecule has 0 aromatic carbocycles. The van der Waals surface area contributed by atoms with Crippen LogP contribution in [0.2, 0.25) is 0 Å². The molecular formula is C12H21NO6. The zero-order valence-corrected chi connectivity index (χ0v) is 11.5. The van der Waals surface area contributed by atoms with Gasteiger partial charge in [0.1, 0.15) is 12.6 Å². The van der Waals surface area contributed by atoms with E-state index in [1.165, 1.54) is 0 Å². The van der Waals surface area contributed by atoms with Gasteiger partial charge in [0.15, 0.2) is 0 Å². The second-order valence-corrected chi connectivity index (χ2v) is 4.01. The lowest BCUT2D eigenvalue weighted by molar-refractivity contribution is -0.147. The van der Waals surface area contributed by atoms with Crippen LogP contribution in [0.15, 0.2) is 0 Å². The molecule has 0 bridgehead atoms. The number of rotatable bonds is 9. The van der Waals surface area contributed by atoms with Gasteiger partial charge in [-0.15, -0.1) is 0 Å². The summed E-state index contributed by atoms with van der Waals surface area (Å²) in [7, 11) is 0. The lowest BCUT2D eigenvalue weighted by Crippen LogP contribution is -2.47. The van der Waals surface area contributed by atoms with Crippen LogP contribution < -0.4 is 5.32 Å². The van der Waals surface area contributed by atoms with E-state index in [9.17, 15) is 14.4 Å². The zero-order chi connectivity index (χ0) is 14.8. The van der Waals surface area contributed by atoms with Crippen molar-refractivity contribution in [3.8, 4) is 0 Å². The van der Waals surface area contributed by atoms with Gasteiger partial charge >= 0.3 is 11.9 Å². The van der Waals surface area contributed by atoms with Gasteiger partial charge in [0.05, 0.1) is 13.0 Å². The van der Waals surface area contributed by atoms with E-state index in [1.807, 2.05) is 0 Å². The van der Waals surface area contributed by atoms with Gasteiger partial charge in [-0.25, -0.2) is 4.79 Å². The topological polar surface area (TPSA) is 102 Å². The van der Waals surface area contributed by atoms with Crippen LogP contribution in [0, 0.1) is 5.92 Å². The van der Waals surface area contributed by atoms with Gasteiger partial charge < -0.3 is 19.9 Å². The lowest BCUT2D eigenvalue weighted by Gasteiger charge is -2.20. The highest BCUT2D eigenvalue weighted by molar-refractivity contribution is 5.85. The van der Waals surface area contributed by atoms with Gasteiger partial charge in [0.25, 0.3) is 0 Å². The maximum absolute atomic E-state index is 11.4. The second kappa shape index (κ2) is 9.32. The minimum Gasteiger partial charge on any atom is -0.480 e. The highest BCUT2D eigenvalue weighted by Crippen LogP contribution is 2.10. The largest absolute Gasteiger partial charge is 0.480 e. The third-order valence-corrected chi connectivity index (χ3v) is 2.38. The second-order valence-electron chi connectivity index (χ2n) is 4.01. The van der Waals surface area contributed by atoms with Crippen LogP contribution in [-0.2, 0) is 23.9 Å². The van der Waals surface area contributed by atoms with Crippen LogP contribution in [-0.4, -0.2) is 48.8 Å². The van der Waals surface area contributed by atoms with Crippen molar-refractivity contribution in [1.82, 2.24) is 5.32 Å². The molecule has 0 unspecified atom stereocenters. The predicted octanol–water partition coefficient (Wildman–Crippen LogP) is 0.182. The van der Waals surface area contributed by atoms with Crippen LogP contribution in [0.4, 0.5) is 0 Å². The van der Waals surface area contributed by atoms with Gasteiger partial charge in [-0.3, -0.25) is 9.59 Å². The number of carbonyl (C=O) groups excluding carboxylic acids is 2. The molecule has 0 aliphatic carbocycles. The highest BCUT2D eigenvalue weighted by Gasteiger charge is 2.28. The van der Waals surface area contributed by atoms with Crippen molar-refractivity contribution >= 4 is 17.8 Å². The Labute approximate surface area is 112 Å². The van der Waals surface area contributed by atoms with E-state index >= 15 is 0 Å². The number of hydrogen-bond donors (Lipinski definition) is 2. The first-order chi connectivity index (χ1) is 8.92. The van der Waals surface area contributed by atoms with Crippen molar-refractivity contribution in [1.29, 1.82) is 0 Å². The molecule has 2 atom stereocenters. The minimum atomic E-state index is -1.19. The first-order valence-electron chi connectivity index (χ1n) is 6.17. The summed E-state index contributed by atoms with van der Waals surface area (Å²) in [5.74, 6) is -2.77. The standard InChI is InChI=1S/C12H21NO6/c1-4-18-7-9(14)13-11(12(16)17)8(3)6-10(15)19-5-2/h8,11H,4-7H2,1-3H3,(H,13,14)(H,16,17)/t8-,11-/m0/s1. The molecule has 0 fully saturated rings. The van der Waals surface area contributed by atoms with Crippen LogP contribution in [0.25, 0.3) is 0 Å². The predicted molar refractivity (Wildman–Crippen MR) is 66.5 cm³/mol. The molecule has 0 spiro atoms. The third kappa shape index (κ3) is 7.40. The van der Waals surface area contributed by atoms with Crippen molar-refractivity contribution < 1.29 is 29.0 Å². The van der Waals surface area contributed by atoms with E-state index in [4.69, 9.17) is 14.6 Å². The Balaban J connectivity index is 4.42. The number of carboxylic acids is 1. The molecule has 0 rings (SSSR count). The fourth-order valence-electron chi connectivity index (χ4n) is 1.46. The van der Waals surface area contributed by atoms with Crippen LogP contribution >= 0.6 is 0 Å². The number of ether oxygens (including phenoxy) is 2. The average Bonchev–Trinajstić information content (AvgIpc) is 2.32. The number of carboxylic acid groups (broad SMARTS) is 1. The van der Waals surface area contributed by atoms with Crippen molar-refractivity contribution in [2.45, 2.75) is 33.2 Å². The Morgan fingerprint density at radius 3 is 2.32 bits per heavy atom.